The van der Waals surface area contributed by atoms with Crippen molar-refractivity contribution in [2.24, 2.45) is 0 Å². The Labute approximate surface area is 90.5 Å². The van der Waals surface area contributed by atoms with E-state index in [0.29, 0.717) is 13.0 Å². The Kier molecular flexibility index (Phi) is 4.10. The second-order valence-electron chi connectivity index (χ2n) is 4.20. The van der Waals surface area contributed by atoms with Crippen LogP contribution in [0.2, 0.25) is 0 Å². The van der Waals surface area contributed by atoms with Gasteiger partial charge in [-0.15, -0.1) is 0 Å². The van der Waals surface area contributed by atoms with E-state index in [9.17, 15) is 13.2 Å². The first kappa shape index (κ1) is 12.4. The number of carbonyl (C=O) groups excluding carboxylic acids is 1. The molecule has 1 aliphatic heterocycles. The second-order valence-corrected chi connectivity index (χ2v) is 6.38. The molecule has 88 valence electrons. The van der Waals surface area contributed by atoms with Gasteiger partial charge in [0.05, 0.1) is 5.75 Å². The van der Waals surface area contributed by atoms with Crippen molar-refractivity contribution in [1.29, 1.82) is 0 Å². The molecule has 0 aromatic carbocycles. The van der Waals surface area contributed by atoms with Crippen LogP contribution in [0.25, 0.3) is 0 Å². The van der Waals surface area contributed by atoms with Crippen LogP contribution in [0, 0.1) is 0 Å². The normalized spacial score (nSPS) is 24.7. The number of piperidine rings is 1. The van der Waals surface area contributed by atoms with E-state index in [2.05, 4.69) is 10.6 Å². The van der Waals surface area contributed by atoms with E-state index in [1.54, 1.807) is 0 Å². The molecule has 0 aliphatic carbocycles. The third kappa shape index (κ3) is 5.13. The Morgan fingerprint density at radius 1 is 1.60 bits per heavy atom. The van der Waals surface area contributed by atoms with Gasteiger partial charge in [0.2, 0.25) is 5.91 Å². The molecule has 0 spiro atoms. The lowest BCUT2D eigenvalue weighted by Gasteiger charge is -2.26. The summed E-state index contributed by atoms with van der Waals surface area (Å²) >= 11 is 0. The maximum atomic E-state index is 11.0. The summed E-state index contributed by atoms with van der Waals surface area (Å²) < 4.78 is 22.1. The zero-order chi connectivity index (χ0) is 11.5. The molecule has 1 heterocycles. The summed E-state index contributed by atoms with van der Waals surface area (Å²) in [4.78, 5) is 10.9. The quantitative estimate of drug-likeness (QED) is 0.673. The minimum absolute atomic E-state index is 0.0694. The summed E-state index contributed by atoms with van der Waals surface area (Å²) in [5.41, 5.74) is 0. The lowest BCUT2D eigenvalue weighted by molar-refractivity contribution is -0.122. The molecule has 5 nitrogen and oxygen atoms in total. The third-order valence-corrected chi connectivity index (χ3v) is 3.44. The van der Waals surface area contributed by atoms with Crippen molar-refractivity contribution in [2.75, 3.05) is 18.6 Å². The molecule has 1 saturated heterocycles. The Morgan fingerprint density at radius 2 is 2.27 bits per heavy atom. The van der Waals surface area contributed by atoms with Gasteiger partial charge in [-0.2, -0.15) is 0 Å². The van der Waals surface area contributed by atoms with Crippen LogP contribution in [-0.4, -0.2) is 45.0 Å². The Balaban J connectivity index is 2.32. The van der Waals surface area contributed by atoms with Crippen molar-refractivity contribution in [3.63, 3.8) is 0 Å². The van der Waals surface area contributed by atoms with Crippen LogP contribution < -0.4 is 10.6 Å². The maximum Gasteiger partial charge on any atom is 0.220 e. The van der Waals surface area contributed by atoms with Crippen LogP contribution >= 0.6 is 0 Å². The first-order chi connectivity index (χ1) is 6.87. The van der Waals surface area contributed by atoms with Crippen molar-refractivity contribution < 1.29 is 13.2 Å². The molecule has 0 aromatic heterocycles. The molecule has 6 heteroatoms. The van der Waals surface area contributed by atoms with E-state index in [1.165, 1.54) is 6.26 Å². The lowest BCUT2D eigenvalue weighted by atomic mass is 10.1. The minimum Gasteiger partial charge on any atom is -0.355 e. The molecule has 1 fully saturated rings. The number of rotatable bonds is 4. The number of amides is 1. The molecule has 2 N–H and O–H groups in total. The largest absolute Gasteiger partial charge is 0.355 e. The predicted molar refractivity (Wildman–Crippen MR) is 58.3 cm³/mol. The van der Waals surface area contributed by atoms with Gasteiger partial charge in [0.1, 0.15) is 9.84 Å². The molecule has 2 unspecified atom stereocenters. The fourth-order valence-electron chi connectivity index (χ4n) is 1.78. The predicted octanol–water partition coefficient (Wildman–Crippen LogP) is -0.712. The van der Waals surface area contributed by atoms with Gasteiger partial charge in [0.25, 0.3) is 0 Å². The highest BCUT2D eigenvalue weighted by molar-refractivity contribution is 7.90. The van der Waals surface area contributed by atoms with Gasteiger partial charge >= 0.3 is 0 Å². The number of carbonyl (C=O) groups is 1. The van der Waals surface area contributed by atoms with E-state index in [4.69, 9.17) is 0 Å². The van der Waals surface area contributed by atoms with E-state index in [-0.39, 0.29) is 23.7 Å². The topological polar surface area (TPSA) is 75.3 Å². The minimum atomic E-state index is -2.93. The molecule has 1 rings (SSSR count). The van der Waals surface area contributed by atoms with Gasteiger partial charge in [0, 0.05) is 31.3 Å². The highest BCUT2D eigenvalue weighted by Gasteiger charge is 2.20. The highest BCUT2D eigenvalue weighted by Crippen LogP contribution is 2.04. The molecule has 15 heavy (non-hydrogen) atoms. The van der Waals surface area contributed by atoms with Gasteiger partial charge < -0.3 is 10.6 Å². The van der Waals surface area contributed by atoms with E-state index in [0.717, 1.165) is 6.42 Å². The molecule has 2 atom stereocenters. The van der Waals surface area contributed by atoms with Crippen LogP contribution in [0.4, 0.5) is 0 Å². The number of hydrogen-bond donors (Lipinski definition) is 2. The van der Waals surface area contributed by atoms with E-state index >= 15 is 0 Å². The van der Waals surface area contributed by atoms with Gasteiger partial charge in [-0.3, -0.25) is 4.79 Å². The van der Waals surface area contributed by atoms with Gasteiger partial charge in [-0.25, -0.2) is 8.42 Å². The van der Waals surface area contributed by atoms with Gasteiger partial charge in [-0.1, -0.05) is 0 Å². The first-order valence-electron chi connectivity index (χ1n) is 5.07. The van der Waals surface area contributed by atoms with E-state index < -0.39 is 9.84 Å². The Hall–Kier alpha value is -0.620. The molecule has 0 saturated carbocycles. The molecule has 0 radical (unpaired) electrons. The standard InChI is InChI=1S/C9H18N2O3S/c1-7(6-15(2,13)14)11-8-3-4-9(12)10-5-8/h7-8,11H,3-6H2,1-2H3,(H,10,12). The van der Waals surface area contributed by atoms with Crippen molar-refractivity contribution >= 4 is 15.7 Å². The third-order valence-electron chi connectivity index (χ3n) is 2.34. The van der Waals surface area contributed by atoms with Crippen molar-refractivity contribution in [2.45, 2.75) is 31.8 Å². The molecule has 1 aliphatic rings. The summed E-state index contributed by atoms with van der Waals surface area (Å²) in [5, 5.41) is 5.95. The average Bonchev–Trinajstić information content (AvgIpc) is 2.05. The number of sulfone groups is 1. The zero-order valence-electron chi connectivity index (χ0n) is 9.12. The molecular formula is C9H18N2O3S. The van der Waals surface area contributed by atoms with Crippen molar-refractivity contribution in [3.8, 4) is 0 Å². The van der Waals surface area contributed by atoms with Crippen LogP contribution in [0.3, 0.4) is 0 Å². The average molecular weight is 234 g/mol. The van der Waals surface area contributed by atoms with Crippen molar-refractivity contribution in [3.05, 3.63) is 0 Å². The number of nitrogens with one attached hydrogen (secondary N) is 2. The monoisotopic (exact) mass is 234 g/mol. The van der Waals surface area contributed by atoms with Crippen LogP contribution in [0.15, 0.2) is 0 Å². The summed E-state index contributed by atoms with van der Waals surface area (Å²) in [7, 11) is -2.93. The van der Waals surface area contributed by atoms with Crippen LogP contribution in [0.1, 0.15) is 19.8 Å². The van der Waals surface area contributed by atoms with Gasteiger partial charge in [-0.05, 0) is 13.3 Å². The second kappa shape index (κ2) is 4.94. The van der Waals surface area contributed by atoms with E-state index in [1.807, 2.05) is 6.92 Å². The number of hydrogen-bond acceptors (Lipinski definition) is 4. The molecule has 1 amide bonds. The first-order valence-corrected chi connectivity index (χ1v) is 7.13. The fourth-order valence-corrected chi connectivity index (χ4v) is 2.78. The lowest BCUT2D eigenvalue weighted by Crippen LogP contribution is -2.49. The molecule has 0 aromatic rings. The molecular weight excluding hydrogens is 216 g/mol. The Morgan fingerprint density at radius 3 is 2.73 bits per heavy atom. The molecule has 0 bridgehead atoms. The summed E-state index contributed by atoms with van der Waals surface area (Å²) in [5.74, 6) is 0.209. The maximum absolute atomic E-state index is 11.0. The van der Waals surface area contributed by atoms with Gasteiger partial charge in [0.15, 0.2) is 0 Å². The zero-order valence-corrected chi connectivity index (χ0v) is 9.93. The Bertz CT molecular complexity index is 316. The summed E-state index contributed by atoms with van der Waals surface area (Å²) in [6, 6.07) is 0.124. The smallest absolute Gasteiger partial charge is 0.220 e. The summed E-state index contributed by atoms with van der Waals surface area (Å²) in [6.07, 6.45) is 2.52. The van der Waals surface area contributed by atoms with Crippen LogP contribution in [0.5, 0.6) is 0 Å². The van der Waals surface area contributed by atoms with Crippen molar-refractivity contribution in [1.82, 2.24) is 10.6 Å². The highest BCUT2D eigenvalue weighted by atomic mass is 32.2. The summed E-state index contributed by atoms with van der Waals surface area (Å²) in [6.45, 7) is 2.43. The fraction of sp³-hybridized carbons (Fsp3) is 0.889. The SMILES string of the molecule is CC(CS(C)(=O)=O)NC1CCC(=O)NC1. The van der Waals surface area contributed by atoms with Crippen LogP contribution in [-0.2, 0) is 14.6 Å².